The number of nitrogens with zero attached hydrogens (tertiary/aromatic N) is 1. The number of methoxy groups -OCH3 is 1. The van der Waals surface area contributed by atoms with Crippen molar-refractivity contribution in [2.24, 2.45) is 4.99 Å². The first-order valence-corrected chi connectivity index (χ1v) is 7.27. The van der Waals surface area contributed by atoms with Crippen molar-refractivity contribution in [2.75, 3.05) is 7.11 Å². The summed E-state index contributed by atoms with van der Waals surface area (Å²) >= 11 is 0. The second-order valence-corrected chi connectivity index (χ2v) is 5.31. The molecule has 0 aliphatic carbocycles. The van der Waals surface area contributed by atoms with Gasteiger partial charge in [-0.3, -0.25) is 0 Å². The van der Waals surface area contributed by atoms with Gasteiger partial charge in [-0.2, -0.15) is 0 Å². The molecule has 3 rings (SSSR count). The molecule has 0 amide bonds. The van der Waals surface area contributed by atoms with Crippen molar-refractivity contribution in [1.29, 1.82) is 0 Å². The summed E-state index contributed by atoms with van der Waals surface area (Å²) in [5.74, 6) is -0.480. The molecule has 0 unspecified atom stereocenters. The quantitative estimate of drug-likeness (QED) is 0.490. The van der Waals surface area contributed by atoms with Crippen LogP contribution in [0.15, 0.2) is 59.6 Å². The van der Waals surface area contributed by atoms with E-state index < -0.39 is 17.5 Å². The SMILES string of the molecule is COc1ccc(C2=N[C@@](C)(C(=O)Oc3ccccc3)C(=O)O2)cc1. The third-order valence-corrected chi connectivity index (χ3v) is 3.60. The maximum Gasteiger partial charge on any atom is 0.352 e. The highest BCUT2D eigenvalue weighted by atomic mass is 16.6. The molecular formula is C18H15NO5. The molecule has 0 fully saturated rings. The van der Waals surface area contributed by atoms with Crippen LogP contribution in [0.4, 0.5) is 0 Å². The molecule has 2 aromatic rings. The van der Waals surface area contributed by atoms with E-state index in [1.807, 2.05) is 0 Å². The minimum atomic E-state index is -1.73. The Kier molecular flexibility index (Phi) is 4.04. The molecule has 0 N–H and O–H groups in total. The van der Waals surface area contributed by atoms with E-state index in [9.17, 15) is 9.59 Å². The first-order valence-electron chi connectivity index (χ1n) is 7.27. The number of aliphatic imine (C=N–C) groups is 1. The maximum atomic E-state index is 12.4. The molecule has 24 heavy (non-hydrogen) atoms. The molecule has 6 nitrogen and oxygen atoms in total. The molecule has 6 heteroatoms. The van der Waals surface area contributed by atoms with E-state index in [2.05, 4.69) is 4.99 Å². The minimum Gasteiger partial charge on any atom is -0.497 e. The van der Waals surface area contributed by atoms with Crippen LogP contribution in [0, 0.1) is 0 Å². The van der Waals surface area contributed by atoms with Gasteiger partial charge in [0, 0.05) is 5.56 Å². The van der Waals surface area contributed by atoms with Crippen LogP contribution in [-0.2, 0) is 14.3 Å². The second-order valence-electron chi connectivity index (χ2n) is 5.31. The average Bonchev–Trinajstić information content (AvgIpc) is 2.92. The van der Waals surface area contributed by atoms with Crippen LogP contribution in [0.25, 0.3) is 0 Å². The predicted molar refractivity (Wildman–Crippen MR) is 86.1 cm³/mol. The Hall–Kier alpha value is -3.15. The van der Waals surface area contributed by atoms with Crippen LogP contribution < -0.4 is 9.47 Å². The molecule has 1 atom stereocenters. The Morgan fingerprint density at radius 2 is 1.71 bits per heavy atom. The molecule has 122 valence electrons. The van der Waals surface area contributed by atoms with Crippen LogP contribution in [-0.4, -0.2) is 30.5 Å². The van der Waals surface area contributed by atoms with Crippen LogP contribution in [0.5, 0.6) is 11.5 Å². The Bertz CT molecular complexity index is 798. The predicted octanol–water partition coefficient (Wildman–Crippen LogP) is 2.36. The Morgan fingerprint density at radius 3 is 2.33 bits per heavy atom. The lowest BCUT2D eigenvalue weighted by atomic mass is 10.1. The first kappa shape index (κ1) is 15.7. The van der Waals surface area contributed by atoms with Gasteiger partial charge in [0.2, 0.25) is 5.90 Å². The lowest BCUT2D eigenvalue weighted by molar-refractivity contribution is -0.150. The van der Waals surface area contributed by atoms with Crippen molar-refractivity contribution >= 4 is 17.8 Å². The maximum absolute atomic E-state index is 12.4. The van der Waals surface area contributed by atoms with Crippen molar-refractivity contribution in [2.45, 2.75) is 12.5 Å². The number of carbonyl (C=O) groups excluding carboxylic acids is 2. The summed E-state index contributed by atoms with van der Waals surface area (Å²) in [5.41, 5.74) is -1.16. The molecule has 0 radical (unpaired) electrons. The van der Waals surface area contributed by atoms with E-state index in [0.717, 1.165) is 0 Å². The number of benzene rings is 2. The first-order chi connectivity index (χ1) is 11.5. The zero-order valence-corrected chi connectivity index (χ0v) is 13.2. The minimum absolute atomic E-state index is 0.0789. The molecule has 1 aliphatic rings. The number of ether oxygens (including phenoxy) is 3. The summed E-state index contributed by atoms with van der Waals surface area (Å²) in [5, 5.41) is 0. The number of esters is 2. The fourth-order valence-electron chi connectivity index (χ4n) is 2.14. The number of carbonyl (C=O) groups is 2. The van der Waals surface area contributed by atoms with Crippen molar-refractivity contribution in [3.8, 4) is 11.5 Å². The third-order valence-electron chi connectivity index (χ3n) is 3.60. The van der Waals surface area contributed by atoms with Gasteiger partial charge >= 0.3 is 11.9 Å². The van der Waals surface area contributed by atoms with Crippen LogP contribution in [0.1, 0.15) is 12.5 Å². The van der Waals surface area contributed by atoms with Crippen molar-refractivity contribution in [3.63, 3.8) is 0 Å². The van der Waals surface area contributed by atoms with Gasteiger partial charge in [-0.15, -0.1) is 0 Å². The van der Waals surface area contributed by atoms with Crippen molar-refractivity contribution in [3.05, 3.63) is 60.2 Å². The Balaban J connectivity index is 1.84. The van der Waals surface area contributed by atoms with Gasteiger partial charge in [-0.25, -0.2) is 14.6 Å². The highest BCUT2D eigenvalue weighted by Gasteiger charge is 2.50. The van der Waals surface area contributed by atoms with Crippen LogP contribution >= 0.6 is 0 Å². The number of para-hydroxylation sites is 1. The molecule has 0 aromatic heterocycles. The highest BCUT2D eigenvalue weighted by Crippen LogP contribution is 2.26. The van der Waals surface area contributed by atoms with Gasteiger partial charge < -0.3 is 14.2 Å². The van der Waals surface area contributed by atoms with E-state index >= 15 is 0 Å². The standard InChI is InChI=1S/C18H15NO5/c1-18(16(20)23-14-6-4-3-5-7-14)17(21)24-15(19-18)12-8-10-13(22-2)11-9-12/h3-11H,1-2H3/t18-/m0/s1. The fourth-order valence-corrected chi connectivity index (χ4v) is 2.14. The molecule has 0 saturated carbocycles. The molecule has 2 aromatic carbocycles. The largest absolute Gasteiger partial charge is 0.497 e. The molecule has 0 saturated heterocycles. The molecular weight excluding hydrogens is 310 g/mol. The lowest BCUT2D eigenvalue weighted by Gasteiger charge is -2.14. The lowest BCUT2D eigenvalue weighted by Crippen LogP contribution is -2.42. The summed E-state index contributed by atoms with van der Waals surface area (Å²) < 4.78 is 15.5. The summed E-state index contributed by atoms with van der Waals surface area (Å²) in [4.78, 5) is 28.7. The molecule has 0 spiro atoms. The smallest absolute Gasteiger partial charge is 0.352 e. The van der Waals surface area contributed by atoms with Gasteiger partial charge in [0.05, 0.1) is 7.11 Å². The van der Waals surface area contributed by atoms with Gasteiger partial charge in [-0.05, 0) is 43.3 Å². The zero-order valence-electron chi connectivity index (χ0n) is 13.2. The molecule has 1 aliphatic heterocycles. The Morgan fingerprint density at radius 1 is 1.04 bits per heavy atom. The van der Waals surface area contributed by atoms with Crippen molar-refractivity contribution < 1.29 is 23.8 Å². The summed E-state index contributed by atoms with van der Waals surface area (Å²) in [6.45, 7) is 1.37. The second kappa shape index (κ2) is 6.16. The summed E-state index contributed by atoms with van der Waals surface area (Å²) in [6.07, 6.45) is 0. The van der Waals surface area contributed by atoms with Gasteiger partial charge in [0.25, 0.3) is 5.54 Å². The number of rotatable bonds is 4. The molecule has 1 heterocycles. The summed E-state index contributed by atoms with van der Waals surface area (Å²) in [7, 11) is 1.55. The number of hydrogen-bond donors (Lipinski definition) is 0. The van der Waals surface area contributed by atoms with E-state index in [1.165, 1.54) is 6.92 Å². The van der Waals surface area contributed by atoms with E-state index in [1.54, 1.807) is 61.7 Å². The van der Waals surface area contributed by atoms with Gasteiger partial charge in [0.1, 0.15) is 11.5 Å². The fraction of sp³-hybridized carbons (Fsp3) is 0.167. The monoisotopic (exact) mass is 325 g/mol. The van der Waals surface area contributed by atoms with Gasteiger partial charge in [-0.1, -0.05) is 18.2 Å². The van der Waals surface area contributed by atoms with Crippen LogP contribution in [0.3, 0.4) is 0 Å². The third kappa shape index (κ3) is 2.86. The number of hydrogen-bond acceptors (Lipinski definition) is 6. The zero-order chi connectivity index (χ0) is 17.2. The van der Waals surface area contributed by atoms with Crippen molar-refractivity contribution in [1.82, 2.24) is 0 Å². The topological polar surface area (TPSA) is 74.2 Å². The number of cyclic esters (lactones) is 1. The van der Waals surface area contributed by atoms with Crippen LogP contribution in [0.2, 0.25) is 0 Å². The average molecular weight is 325 g/mol. The van der Waals surface area contributed by atoms with E-state index in [0.29, 0.717) is 17.1 Å². The van der Waals surface area contributed by atoms with E-state index in [-0.39, 0.29) is 5.90 Å². The highest BCUT2D eigenvalue weighted by molar-refractivity contribution is 6.17. The van der Waals surface area contributed by atoms with Gasteiger partial charge in [0.15, 0.2) is 0 Å². The Labute approximate surface area is 138 Å². The normalized spacial score (nSPS) is 19.4. The molecule has 0 bridgehead atoms. The summed E-state index contributed by atoms with van der Waals surface area (Å²) in [6, 6.07) is 15.3. The van der Waals surface area contributed by atoms with E-state index in [4.69, 9.17) is 14.2 Å².